The molecular formula is C24H25N5O2S. The molecule has 8 heteroatoms. The summed E-state index contributed by atoms with van der Waals surface area (Å²) in [5, 5.41) is 0.892. The van der Waals surface area contributed by atoms with Crippen molar-refractivity contribution in [1.29, 1.82) is 0 Å². The molecule has 0 radical (unpaired) electrons. The zero-order chi connectivity index (χ0) is 22.2. The van der Waals surface area contributed by atoms with Crippen LogP contribution in [-0.2, 0) is 6.54 Å². The van der Waals surface area contributed by atoms with E-state index in [9.17, 15) is 9.59 Å². The minimum Gasteiger partial charge on any atom is -0.336 e. The summed E-state index contributed by atoms with van der Waals surface area (Å²) in [7, 11) is 0. The van der Waals surface area contributed by atoms with Gasteiger partial charge in [-0.15, -0.1) is 11.3 Å². The lowest BCUT2D eigenvalue weighted by Crippen LogP contribution is -2.43. The Morgan fingerprint density at radius 1 is 1.16 bits per heavy atom. The number of imidazole rings is 1. The molecule has 3 aromatic heterocycles. The summed E-state index contributed by atoms with van der Waals surface area (Å²) in [6, 6.07) is 13.7. The predicted octanol–water partition coefficient (Wildman–Crippen LogP) is 3.80. The van der Waals surface area contributed by atoms with Gasteiger partial charge in [0.15, 0.2) is 5.65 Å². The highest BCUT2D eigenvalue weighted by atomic mass is 32.1. The lowest BCUT2D eigenvalue weighted by Gasteiger charge is -2.33. The number of hydrogen-bond acceptors (Lipinski definition) is 5. The van der Waals surface area contributed by atoms with Gasteiger partial charge in [-0.1, -0.05) is 30.3 Å². The van der Waals surface area contributed by atoms with Gasteiger partial charge in [0.25, 0.3) is 5.91 Å². The van der Waals surface area contributed by atoms with Crippen LogP contribution in [0.3, 0.4) is 0 Å². The van der Waals surface area contributed by atoms with E-state index in [0.717, 1.165) is 34.6 Å². The summed E-state index contributed by atoms with van der Waals surface area (Å²) < 4.78 is 3.58. The van der Waals surface area contributed by atoms with Crippen LogP contribution in [0.5, 0.6) is 0 Å². The Bertz CT molecular complexity index is 1340. The van der Waals surface area contributed by atoms with E-state index in [-0.39, 0.29) is 17.6 Å². The van der Waals surface area contributed by atoms with E-state index in [1.165, 1.54) is 11.3 Å². The first-order valence-corrected chi connectivity index (χ1v) is 11.7. The Hall–Kier alpha value is -3.26. The first-order chi connectivity index (χ1) is 15.5. The molecule has 0 N–H and O–H groups in total. The molecule has 4 aromatic rings. The standard InChI is InChI=1S/C24H25N5O2S/c1-16-21(32-17(2)26-16)23(30)27-13-7-10-19(15-27)29-22-20(11-6-12-25-22)28(24(29)31)14-18-8-4-3-5-9-18/h3-6,8-9,11-12,19H,7,10,13-15H2,1-2H3/t19-/m0/s1. The van der Waals surface area contributed by atoms with Gasteiger partial charge in [0.2, 0.25) is 0 Å². The number of pyridine rings is 1. The first kappa shape index (κ1) is 20.6. The third kappa shape index (κ3) is 3.64. The largest absolute Gasteiger partial charge is 0.336 e. The molecule has 164 valence electrons. The Morgan fingerprint density at radius 3 is 2.72 bits per heavy atom. The highest BCUT2D eigenvalue weighted by molar-refractivity contribution is 7.13. The average molecular weight is 448 g/mol. The molecule has 1 aromatic carbocycles. The fraction of sp³-hybridized carbons (Fsp3) is 0.333. The van der Waals surface area contributed by atoms with Crippen molar-refractivity contribution in [1.82, 2.24) is 24.0 Å². The lowest BCUT2D eigenvalue weighted by atomic mass is 10.1. The highest BCUT2D eigenvalue weighted by Gasteiger charge is 2.30. The Kier molecular flexibility index (Phi) is 5.38. The maximum Gasteiger partial charge on any atom is 0.330 e. The van der Waals surface area contributed by atoms with Crippen LogP contribution in [0.25, 0.3) is 11.2 Å². The van der Waals surface area contributed by atoms with E-state index in [4.69, 9.17) is 0 Å². The van der Waals surface area contributed by atoms with Crippen LogP contribution in [0.4, 0.5) is 0 Å². The molecule has 1 amide bonds. The number of piperidine rings is 1. The van der Waals surface area contributed by atoms with Crippen molar-refractivity contribution in [2.45, 2.75) is 39.3 Å². The number of carbonyl (C=O) groups excluding carboxylic acids is 1. The minimum absolute atomic E-state index is 0.00633. The summed E-state index contributed by atoms with van der Waals surface area (Å²) in [6.45, 7) is 5.47. The monoisotopic (exact) mass is 447 g/mol. The van der Waals surface area contributed by atoms with Crippen LogP contribution >= 0.6 is 11.3 Å². The zero-order valence-corrected chi connectivity index (χ0v) is 19.0. The first-order valence-electron chi connectivity index (χ1n) is 10.9. The molecule has 32 heavy (non-hydrogen) atoms. The zero-order valence-electron chi connectivity index (χ0n) is 18.2. The van der Waals surface area contributed by atoms with Crippen molar-refractivity contribution in [2.75, 3.05) is 13.1 Å². The van der Waals surface area contributed by atoms with Gasteiger partial charge < -0.3 is 4.90 Å². The van der Waals surface area contributed by atoms with Crippen LogP contribution in [-0.4, -0.2) is 43.0 Å². The van der Waals surface area contributed by atoms with Crippen molar-refractivity contribution < 1.29 is 4.79 Å². The molecule has 0 spiro atoms. The van der Waals surface area contributed by atoms with Crippen molar-refractivity contribution in [3.63, 3.8) is 0 Å². The number of likely N-dealkylation sites (tertiary alicyclic amines) is 1. The summed E-state index contributed by atoms with van der Waals surface area (Å²) >= 11 is 1.44. The number of carbonyl (C=O) groups is 1. The summed E-state index contributed by atoms with van der Waals surface area (Å²) in [4.78, 5) is 38.3. The Morgan fingerprint density at radius 2 is 1.97 bits per heavy atom. The van der Waals surface area contributed by atoms with Crippen molar-refractivity contribution in [3.8, 4) is 0 Å². The molecule has 1 aliphatic heterocycles. The number of aryl methyl sites for hydroxylation is 2. The molecule has 0 bridgehead atoms. The normalized spacial score (nSPS) is 16.6. The van der Waals surface area contributed by atoms with Crippen molar-refractivity contribution in [3.05, 3.63) is 80.3 Å². The number of thiazole rings is 1. The second-order valence-electron chi connectivity index (χ2n) is 8.27. The second kappa shape index (κ2) is 8.35. The van der Waals surface area contributed by atoms with Crippen LogP contribution in [0.1, 0.15) is 44.8 Å². The van der Waals surface area contributed by atoms with Crippen molar-refractivity contribution in [2.24, 2.45) is 0 Å². The molecule has 5 rings (SSSR count). The Labute approximate surface area is 190 Å². The van der Waals surface area contributed by atoms with E-state index < -0.39 is 0 Å². The van der Waals surface area contributed by atoms with Gasteiger partial charge in [-0.25, -0.2) is 14.8 Å². The maximum atomic E-state index is 13.6. The molecule has 4 heterocycles. The Balaban J connectivity index is 1.50. The minimum atomic E-state index is -0.107. The summed E-state index contributed by atoms with van der Waals surface area (Å²) in [5.41, 5.74) is 3.26. The average Bonchev–Trinajstić information content (AvgIpc) is 3.29. The maximum absolute atomic E-state index is 13.6. The number of hydrogen-bond donors (Lipinski definition) is 0. The van der Waals surface area contributed by atoms with E-state index in [0.29, 0.717) is 30.2 Å². The molecular weight excluding hydrogens is 422 g/mol. The van der Waals surface area contributed by atoms with Crippen LogP contribution in [0.15, 0.2) is 53.5 Å². The van der Waals surface area contributed by atoms with Gasteiger partial charge in [-0.05, 0) is 44.4 Å². The molecule has 7 nitrogen and oxygen atoms in total. The van der Waals surface area contributed by atoms with E-state index in [1.54, 1.807) is 15.3 Å². The third-order valence-electron chi connectivity index (χ3n) is 6.05. The summed E-state index contributed by atoms with van der Waals surface area (Å²) in [5.74, 6) is 0.00633. The van der Waals surface area contributed by atoms with Gasteiger partial charge >= 0.3 is 5.69 Å². The second-order valence-corrected chi connectivity index (χ2v) is 9.47. The number of rotatable bonds is 4. The van der Waals surface area contributed by atoms with Crippen LogP contribution in [0.2, 0.25) is 0 Å². The highest BCUT2D eigenvalue weighted by Crippen LogP contribution is 2.27. The lowest BCUT2D eigenvalue weighted by molar-refractivity contribution is 0.0683. The number of fused-ring (bicyclic) bond motifs is 1. The number of nitrogens with zero attached hydrogens (tertiary/aromatic N) is 5. The van der Waals surface area contributed by atoms with Gasteiger partial charge in [-0.3, -0.25) is 13.9 Å². The third-order valence-corrected chi connectivity index (χ3v) is 7.11. The van der Waals surface area contributed by atoms with Gasteiger partial charge in [0, 0.05) is 19.3 Å². The van der Waals surface area contributed by atoms with Crippen molar-refractivity contribution >= 4 is 28.4 Å². The van der Waals surface area contributed by atoms with Crippen LogP contribution in [0, 0.1) is 13.8 Å². The molecule has 1 atom stereocenters. The molecule has 1 saturated heterocycles. The fourth-order valence-corrected chi connectivity index (χ4v) is 5.47. The van der Waals surface area contributed by atoms with Crippen LogP contribution < -0.4 is 5.69 Å². The van der Waals surface area contributed by atoms with Gasteiger partial charge in [-0.2, -0.15) is 0 Å². The fourth-order valence-electron chi connectivity index (χ4n) is 4.58. The van der Waals surface area contributed by atoms with Gasteiger partial charge in [0.1, 0.15) is 4.88 Å². The SMILES string of the molecule is Cc1nc(C)c(C(=O)N2CCC[C@H](n3c(=O)n(Cc4ccccc4)c4cccnc43)C2)s1. The van der Waals surface area contributed by atoms with Gasteiger partial charge in [0.05, 0.1) is 28.8 Å². The van der Waals surface area contributed by atoms with E-state index in [1.807, 2.05) is 61.2 Å². The summed E-state index contributed by atoms with van der Waals surface area (Å²) in [6.07, 6.45) is 3.41. The number of amides is 1. The smallest absolute Gasteiger partial charge is 0.330 e. The topological polar surface area (TPSA) is 73.0 Å². The number of aromatic nitrogens is 4. The quantitative estimate of drug-likeness (QED) is 0.477. The molecule has 0 aliphatic carbocycles. The predicted molar refractivity (Wildman–Crippen MR) is 125 cm³/mol. The number of benzene rings is 1. The molecule has 0 saturated carbocycles. The van der Waals surface area contributed by atoms with E-state index in [2.05, 4.69) is 9.97 Å². The molecule has 1 aliphatic rings. The van der Waals surface area contributed by atoms with E-state index >= 15 is 0 Å². The molecule has 0 unspecified atom stereocenters. The molecule has 1 fully saturated rings.